The molecule has 0 amide bonds. The van der Waals surface area contributed by atoms with Gasteiger partial charge in [-0.05, 0) is 12.1 Å². The zero-order valence-electron chi connectivity index (χ0n) is 6.45. The second kappa shape index (κ2) is 2.68. The van der Waals surface area contributed by atoms with Crippen molar-refractivity contribution in [1.82, 2.24) is 9.78 Å². The van der Waals surface area contributed by atoms with E-state index in [9.17, 15) is 0 Å². The Morgan fingerprint density at radius 3 is 3.00 bits per heavy atom. The summed E-state index contributed by atoms with van der Waals surface area (Å²) in [5.74, 6) is 0. The normalized spacial score (nSPS) is 10.9. The number of nitrogens with zero attached hydrogens (tertiary/aromatic N) is 2. The number of aromatic nitrogens is 2. The van der Waals surface area contributed by atoms with E-state index in [2.05, 4.69) is 17.7 Å². The van der Waals surface area contributed by atoms with E-state index in [0.29, 0.717) is 5.02 Å². The molecule has 1 aromatic heterocycles. The average Bonchev–Trinajstić information content (AvgIpc) is 2.39. The first-order valence-electron chi connectivity index (χ1n) is 3.49. The van der Waals surface area contributed by atoms with E-state index in [0.717, 1.165) is 15.8 Å². The molecule has 1 aromatic carbocycles. The van der Waals surface area contributed by atoms with Crippen molar-refractivity contribution in [3.05, 3.63) is 23.4 Å². The molecule has 4 heteroatoms. The van der Waals surface area contributed by atoms with Crippen molar-refractivity contribution in [3.8, 4) is 0 Å². The molecule has 0 N–H and O–H groups in total. The number of fused-ring (bicyclic) bond motifs is 1. The van der Waals surface area contributed by atoms with Gasteiger partial charge in [0.2, 0.25) is 0 Å². The number of thiol groups is 1. The van der Waals surface area contributed by atoms with Gasteiger partial charge in [0.25, 0.3) is 0 Å². The van der Waals surface area contributed by atoms with E-state index in [1.54, 1.807) is 4.68 Å². The van der Waals surface area contributed by atoms with Crippen LogP contribution in [0.25, 0.3) is 10.9 Å². The zero-order chi connectivity index (χ0) is 8.72. The summed E-state index contributed by atoms with van der Waals surface area (Å²) >= 11 is 10.2. The number of aryl methyl sites for hydroxylation is 1. The highest BCUT2D eigenvalue weighted by molar-refractivity contribution is 7.80. The molecule has 2 nitrogen and oxygen atoms in total. The second-order valence-corrected chi connectivity index (χ2v) is 3.49. The molecule has 0 atom stereocenters. The fourth-order valence-electron chi connectivity index (χ4n) is 1.17. The van der Waals surface area contributed by atoms with Gasteiger partial charge in [0.1, 0.15) is 0 Å². The number of halogens is 1. The van der Waals surface area contributed by atoms with Gasteiger partial charge in [-0.3, -0.25) is 4.68 Å². The molecule has 0 unspecified atom stereocenters. The van der Waals surface area contributed by atoms with Gasteiger partial charge in [0, 0.05) is 23.5 Å². The van der Waals surface area contributed by atoms with Gasteiger partial charge >= 0.3 is 0 Å². The van der Waals surface area contributed by atoms with Crippen LogP contribution in [0.2, 0.25) is 5.02 Å². The molecule has 0 aliphatic rings. The Bertz CT molecular complexity index is 436. The highest BCUT2D eigenvalue weighted by Crippen LogP contribution is 2.28. The summed E-state index contributed by atoms with van der Waals surface area (Å²) in [4.78, 5) is 0.789. The van der Waals surface area contributed by atoms with Gasteiger partial charge < -0.3 is 0 Å². The van der Waals surface area contributed by atoms with Crippen LogP contribution in [0.5, 0.6) is 0 Å². The molecule has 0 radical (unpaired) electrons. The number of rotatable bonds is 0. The summed E-state index contributed by atoms with van der Waals surface area (Å²) in [6.45, 7) is 0. The minimum atomic E-state index is 0.670. The van der Waals surface area contributed by atoms with Gasteiger partial charge in [-0.15, -0.1) is 12.6 Å². The average molecular weight is 199 g/mol. The monoisotopic (exact) mass is 198 g/mol. The van der Waals surface area contributed by atoms with E-state index >= 15 is 0 Å². The summed E-state index contributed by atoms with van der Waals surface area (Å²) in [7, 11) is 1.87. The lowest BCUT2D eigenvalue weighted by atomic mass is 10.2. The summed E-state index contributed by atoms with van der Waals surface area (Å²) in [6, 6.07) is 3.75. The van der Waals surface area contributed by atoms with E-state index in [-0.39, 0.29) is 0 Å². The van der Waals surface area contributed by atoms with E-state index in [1.165, 1.54) is 0 Å². The SMILES string of the molecule is Cn1cc2c(Cl)c(S)ccc2n1. The molecule has 0 aliphatic carbocycles. The summed E-state index contributed by atoms with van der Waals surface area (Å²) in [5, 5.41) is 5.83. The maximum atomic E-state index is 6.01. The third-order valence-electron chi connectivity index (χ3n) is 1.72. The van der Waals surface area contributed by atoms with Crippen LogP contribution in [-0.2, 0) is 7.05 Å². The predicted molar refractivity (Wildman–Crippen MR) is 53.0 cm³/mol. The largest absolute Gasteiger partial charge is 0.275 e. The summed E-state index contributed by atoms with van der Waals surface area (Å²) < 4.78 is 1.74. The van der Waals surface area contributed by atoms with Crippen LogP contribution in [-0.4, -0.2) is 9.78 Å². The third-order valence-corrected chi connectivity index (χ3v) is 2.63. The second-order valence-electron chi connectivity index (χ2n) is 2.63. The molecule has 12 heavy (non-hydrogen) atoms. The molecular weight excluding hydrogens is 192 g/mol. The van der Waals surface area contributed by atoms with Crippen LogP contribution in [0.1, 0.15) is 0 Å². The standard InChI is InChI=1S/C8H7ClN2S/c1-11-4-5-6(10-11)2-3-7(12)8(5)9/h2-4,12H,1H3. The molecule has 1 heterocycles. The Hall–Kier alpha value is -0.670. The van der Waals surface area contributed by atoms with Gasteiger partial charge in [0.05, 0.1) is 10.5 Å². The molecule has 0 saturated carbocycles. The molecular formula is C8H7ClN2S. The van der Waals surface area contributed by atoms with Crippen molar-refractivity contribution in [1.29, 1.82) is 0 Å². The Labute approximate surface area is 80.5 Å². The smallest absolute Gasteiger partial charge is 0.0939 e. The predicted octanol–water partition coefficient (Wildman–Crippen LogP) is 2.52. The first-order chi connectivity index (χ1) is 5.68. The fourth-order valence-corrected chi connectivity index (χ4v) is 1.57. The molecule has 0 bridgehead atoms. The Balaban J connectivity index is 2.89. The lowest BCUT2D eigenvalue weighted by molar-refractivity contribution is 0.780. The lowest BCUT2D eigenvalue weighted by Crippen LogP contribution is -1.84. The number of hydrogen-bond donors (Lipinski definition) is 1. The molecule has 62 valence electrons. The van der Waals surface area contributed by atoms with Crippen molar-refractivity contribution in [3.63, 3.8) is 0 Å². The van der Waals surface area contributed by atoms with Crippen LogP contribution in [0.3, 0.4) is 0 Å². The van der Waals surface area contributed by atoms with Crippen molar-refractivity contribution < 1.29 is 0 Å². The van der Waals surface area contributed by atoms with Gasteiger partial charge in [-0.25, -0.2) is 0 Å². The van der Waals surface area contributed by atoms with Crippen molar-refractivity contribution in [2.24, 2.45) is 7.05 Å². The molecule has 2 rings (SSSR count). The van der Waals surface area contributed by atoms with Gasteiger partial charge in [-0.1, -0.05) is 11.6 Å². The van der Waals surface area contributed by atoms with Crippen LogP contribution < -0.4 is 0 Å². The Kier molecular flexibility index (Phi) is 1.77. The first-order valence-corrected chi connectivity index (χ1v) is 4.32. The Morgan fingerprint density at radius 2 is 2.25 bits per heavy atom. The van der Waals surface area contributed by atoms with E-state index in [1.807, 2.05) is 25.4 Å². The van der Waals surface area contributed by atoms with Crippen molar-refractivity contribution in [2.75, 3.05) is 0 Å². The molecule has 0 saturated heterocycles. The molecule has 0 spiro atoms. The lowest BCUT2D eigenvalue weighted by Gasteiger charge is -1.94. The molecule has 0 fully saturated rings. The summed E-state index contributed by atoms with van der Waals surface area (Å²) in [5.41, 5.74) is 0.903. The quantitative estimate of drug-likeness (QED) is 0.645. The third kappa shape index (κ3) is 1.09. The molecule has 0 aliphatic heterocycles. The zero-order valence-corrected chi connectivity index (χ0v) is 8.10. The van der Waals surface area contributed by atoms with Gasteiger partial charge in [0.15, 0.2) is 0 Å². The number of benzene rings is 1. The maximum Gasteiger partial charge on any atom is 0.0939 e. The van der Waals surface area contributed by atoms with Crippen LogP contribution in [0.4, 0.5) is 0 Å². The minimum Gasteiger partial charge on any atom is -0.275 e. The van der Waals surface area contributed by atoms with Crippen LogP contribution in [0, 0.1) is 0 Å². The van der Waals surface area contributed by atoms with Gasteiger partial charge in [-0.2, -0.15) is 5.10 Å². The van der Waals surface area contributed by atoms with Crippen molar-refractivity contribution in [2.45, 2.75) is 4.90 Å². The topological polar surface area (TPSA) is 17.8 Å². The van der Waals surface area contributed by atoms with Crippen LogP contribution in [0.15, 0.2) is 23.2 Å². The highest BCUT2D eigenvalue weighted by Gasteiger charge is 2.04. The Morgan fingerprint density at radius 1 is 1.50 bits per heavy atom. The van der Waals surface area contributed by atoms with E-state index in [4.69, 9.17) is 11.6 Å². The highest BCUT2D eigenvalue weighted by atomic mass is 35.5. The van der Waals surface area contributed by atoms with Crippen molar-refractivity contribution >= 4 is 35.1 Å². The van der Waals surface area contributed by atoms with Crippen LogP contribution >= 0.6 is 24.2 Å². The summed E-state index contributed by atoms with van der Waals surface area (Å²) in [6.07, 6.45) is 1.89. The molecule has 2 aromatic rings. The fraction of sp³-hybridized carbons (Fsp3) is 0.125. The minimum absolute atomic E-state index is 0.670. The number of hydrogen-bond acceptors (Lipinski definition) is 2. The maximum absolute atomic E-state index is 6.01. The van der Waals surface area contributed by atoms with E-state index < -0.39 is 0 Å². The first kappa shape index (κ1) is 7.95.